The number of carbonyl (C=O) groups excluding carboxylic acids is 1. The number of hydrogen-bond donors (Lipinski definition) is 1. The number of benzene rings is 1. The third kappa shape index (κ3) is 3.44. The van der Waals surface area contributed by atoms with E-state index in [2.05, 4.69) is 10.3 Å². The molecular formula is C20H21ClN4O. The Bertz CT molecular complexity index is 948. The maximum atomic E-state index is 12.9. The number of pyridine rings is 1. The lowest BCUT2D eigenvalue weighted by atomic mass is 10.2. The minimum absolute atomic E-state index is 0.175. The van der Waals surface area contributed by atoms with Crippen molar-refractivity contribution in [2.75, 3.05) is 24.3 Å². The molecule has 0 unspecified atom stereocenters. The number of rotatable bonds is 4. The number of hydrogen-bond acceptors (Lipinski definition) is 3. The van der Waals surface area contributed by atoms with Crippen LogP contribution in [0.5, 0.6) is 0 Å². The first-order valence-electron chi connectivity index (χ1n) is 8.27. The van der Waals surface area contributed by atoms with Crippen LogP contribution in [0.1, 0.15) is 21.7 Å². The van der Waals surface area contributed by atoms with Crippen molar-refractivity contribution in [1.82, 2.24) is 9.55 Å². The topological polar surface area (TPSA) is 50.2 Å². The molecule has 26 heavy (non-hydrogen) atoms. The van der Waals surface area contributed by atoms with Gasteiger partial charge in [-0.05, 0) is 50.2 Å². The van der Waals surface area contributed by atoms with Crippen LogP contribution in [-0.4, -0.2) is 29.6 Å². The summed E-state index contributed by atoms with van der Waals surface area (Å²) < 4.78 is 1.97. The normalized spacial score (nSPS) is 10.7. The minimum Gasteiger partial charge on any atom is -0.376 e. The first kappa shape index (κ1) is 18.0. The summed E-state index contributed by atoms with van der Waals surface area (Å²) in [6.07, 6.45) is 1.74. The number of nitrogens with zero attached hydrogens (tertiary/aromatic N) is 3. The molecule has 0 saturated carbocycles. The summed E-state index contributed by atoms with van der Waals surface area (Å²) in [7, 11) is 3.84. The molecule has 5 nitrogen and oxygen atoms in total. The number of aryl methyl sites for hydroxylation is 1. The lowest BCUT2D eigenvalue weighted by Crippen LogP contribution is -2.17. The molecule has 1 amide bonds. The van der Waals surface area contributed by atoms with E-state index in [9.17, 15) is 4.79 Å². The Kier molecular flexibility index (Phi) is 5.00. The molecule has 6 heteroatoms. The monoisotopic (exact) mass is 368 g/mol. The summed E-state index contributed by atoms with van der Waals surface area (Å²) in [5.74, 6) is 0.615. The van der Waals surface area contributed by atoms with Crippen molar-refractivity contribution >= 4 is 28.9 Å². The molecule has 0 saturated heterocycles. The predicted octanol–water partition coefficient (Wildman–Crippen LogP) is 4.46. The summed E-state index contributed by atoms with van der Waals surface area (Å²) in [4.78, 5) is 19.2. The van der Waals surface area contributed by atoms with Gasteiger partial charge in [0, 0.05) is 36.7 Å². The van der Waals surface area contributed by atoms with Crippen molar-refractivity contribution in [3.8, 4) is 5.82 Å². The van der Waals surface area contributed by atoms with Crippen molar-refractivity contribution in [3.05, 3.63) is 70.6 Å². The minimum atomic E-state index is -0.175. The molecule has 3 aromatic rings. The molecule has 0 atom stereocenters. The fourth-order valence-corrected chi connectivity index (χ4v) is 3.19. The molecule has 0 bridgehead atoms. The van der Waals surface area contributed by atoms with E-state index in [1.165, 1.54) is 0 Å². The van der Waals surface area contributed by atoms with Crippen LogP contribution in [0.2, 0.25) is 5.02 Å². The van der Waals surface area contributed by atoms with E-state index in [0.717, 1.165) is 22.9 Å². The van der Waals surface area contributed by atoms with Gasteiger partial charge in [0.2, 0.25) is 0 Å². The maximum absolute atomic E-state index is 12.9. The number of anilines is 2. The molecule has 1 aromatic carbocycles. The van der Waals surface area contributed by atoms with Crippen molar-refractivity contribution in [2.24, 2.45) is 0 Å². The first-order chi connectivity index (χ1) is 12.4. The maximum Gasteiger partial charge on any atom is 0.257 e. The molecule has 2 aromatic heterocycles. The fourth-order valence-electron chi connectivity index (χ4n) is 3.02. The highest BCUT2D eigenvalue weighted by molar-refractivity contribution is 6.31. The third-order valence-corrected chi connectivity index (χ3v) is 4.48. The van der Waals surface area contributed by atoms with E-state index < -0.39 is 0 Å². The molecule has 0 spiro atoms. The van der Waals surface area contributed by atoms with Gasteiger partial charge in [-0.1, -0.05) is 17.7 Å². The summed E-state index contributed by atoms with van der Waals surface area (Å²) in [6, 6.07) is 13.0. The zero-order chi connectivity index (χ0) is 18.8. The van der Waals surface area contributed by atoms with Crippen molar-refractivity contribution in [1.29, 1.82) is 0 Å². The zero-order valence-electron chi connectivity index (χ0n) is 15.2. The highest BCUT2D eigenvalue weighted by Gasteiger charge is 2.18. The van der Waals surface area contributed by atoms with Crippen molar-refractivity contribution in [3.63, 3.8) is 0 Å². The standard InChI is InChI=1S/C20H21ClN4O/c1-13-11-16(14(2)25(13)19-7-5-6-10-22-19)20(26)23-17-12-15(21)8-9-18(17)24(3)4/h5-12H,1-4H3,(H,23,26). The Morgan fingerprint density at radius 1 is 1.15 bits per heavy atom. The van der Waals surface area contributed by atoms with Crippen LogP contribution in [0.4, 0.5) is 11.4 Å². The number of aromatic nitrogens is 2. The first-order valence-corrected chi connectivity index (χ1v) is 8.65. The zero-order valence-corrected chi connectivity index (χ0v) is 16.0. The SMILES string of the molecule is Cc1cc(C(=O)Nc2cc(Cl)ccc2N(C)C)c(C)n1-c1ccccn1. The van der Waals surface area contributed by atoms with Crippen LogP contribution >= 0.6 is 11.6 Å². The molecular weight excluding hydrogens is 348 g/mol. The average Bonchev–Trinajstić information content (AvgIpc) is 2.90. The van der Waals surface area contributed by atoms with E-state index in [1.54, 1.807) is 18.3 Å². The highest BCUT2D eigenvalue weighted by Crippen LogP contribution is 2.29. The van der Waals surface area contributed by atoms with E-state index in [4.69, 9.17) is 11.6 Å². The van der Waals surface area contributed by atoms with Crippen molar-refractivity contribution in [2.45, 2.75) is 13.8 Å². The van der Waals surface area contributed by atoms with Crippen LogP contribution in [0.15, 0.2) is 48.7 Å². The van der Waals surface area contributed by atoms with E-state index >= 15 is 0 Å². The number of halogens is 1. The summed E-state index contributed by atoms with van der Waals surface area (Å²) in [5.41, 5.74) is 3.96. The largest absolute Gasteiger partial charge is 0.376 e. The third-order valence-electron chi connectivity index (χ3n) is 4.24. The second-order valence-corrected chi connectivity index (χ2v) is 6.75. The molecule has 3 rings (SSSR count). The molecule has 2 heterocycles. The molecule has 0 radical (unpaired) electrons. The molecule has 0 fully saturated rings. The molecule has 134 valence electrons. The van der Waals surface area contributed by atoms with Crippen LogP contribution < -0.4 is 10.2 Å². The van der Waals surface area contributed by atoms with E-state index in [-0.39, 0.29) is 5.91 Å². The second kappa shape index (κ2) is 7.22. The summed E-state index contributed by atoms with van der Waals surface area (Å²) in [6.45, 7) is 3.88. The summed E-state index contributed by atoms with van der Waals surface area (Å²) >= 11 is 6.11. The Morgan fingerprint density at radius 2 is 1.92 bits per heavy atom. The quantitative estimate of drug-likeness (QED) is 0.739. The number of nitrogens with one attached hydrogen (secondary N) is 1. The van der Waals surface area contributed by atoms with Gasteiger partial charge < -0.3 is 14.8 Å². The number of carbonyl (C=O) groups is 1. The van der Waals surface area contributed by atoms with Gasteiger partial charge in [0.05, 0.1) is 16.9 Å². The van der Waals surface area contributed by atoms with Gasteiger partial charge in [-0.25, -0.2) is 4.98 Å². The van der Waals surface area contributed by atoms with Gasteiger partial charge in [-0.2, -0.15) is 0 Å². The van der Waals surface area contributed by atoms with Gasteiger partial charge in [0.1, 0.15) is 5.82 Å². The lowest BCUT2D eigenvalue weighted by Gasteiger charge is -2.18. The van der Waals surface area contributed by atoms with Crippen LogP contribution in [0, 0.1) is 13.8 Å². The molecule has 1 N–H and O–H groups in total. The van der Waals surface area contributed by atoms with Gasteiger partial charge in [-0.3, -0.25) is 4.79 Å². The lowest BCUT2D eigenvalue weighted by molar-refractivity contribution is 0.102. The Balaban J connectivity index is 1.97. The summed E-state index contributed by atoms with van der Waals surface area (Å²) in [5, 5.41) is 3.56. The van der Waals surface area contributed by atoms with Crippen LogP contribution in [0.3, 0.4) is 0 Å². The van der Waals surface area contributed by atoms with Gasteiger partial charge in [-0.15, -0.1) is 0 Å². The van der Waals surface area contributed by atoms with Crippen molar-refractivity contribution < 1.29 is 4.79 Å². The Morgan fingerprint density at radius 3 is 2.58 bits per heavy atom. The van der Waals surface area contributed by atoms with Gasteiger partial charge >= 0.3 is 0 Å². The second-order valence-electron chi connectivity index (χ2n) is 6.32. The van der Waals surface area contributed by atoms with E-state index in [0.29, 0.717) is 16.3 Å². The van der Waals surface area contributed by atoms with Crippen LogP contribution in [0.25, 0.3) is 5.82 Å². The highest BCUT2D eigenvalue weighted by atomic mass is 35.5. The Labute approximate surface area is 158 Å². The van der Waals surface area contributed by atoms with E-state index in [1.807, 2.05) is 67.7 Å². The average molecular weight is 369 g/mol. The number of amides is 1. The van der Waals surface area contributed by atoms with Gasteiger partial charge in [0.15, 0.2) is 0 Å². The smallest absolute Gasteiger partial charge is 0.257 e. The molecule has 0 aliphatic heterocycles. The Hall–Kier alpha value is -2.79. The molecule has 0 aliphatic rings. The molecule has 0 aliphatic carbocycles. The van der Waals surface area contributed by atoms with Gasteiger partial charge in [0.25, 0.3) is 5.91 Å². The predicted molar refractivity (Wildman–Crippen MR) is 107 cm³/mol. The fraction of sp³-hybridized carbons (Fsp3) is 0.200. The van der Waals surface area contributed by atoms with Crippen LogP contribution in [-0.2, 0) is 0 Å².